The van der Waals surface area contributed by atoms with E-state index in [0.29, 0.717) is 5.25 Å². The molecule has 0 heterocycles. The summed E-state index contributed by atoms with van der Waals surface area (Å²) in [4.78, 5) is 0. The van der Waals surface area contributed by atoms with Crippen molar-refractivity contribution in [1.29, 1.82) is 0 Å². The first-order chi connectivity index (χ1) is 7.93. The predicted molar refractivity (Wildman–Crippen MR) is 84.1 cm³/mol. The zero-order valence-electron chi connectivity index (χ0n) is 11.7. The van der Waals surface area contributed by atoms with Crippen LogP contribution in [0.25, 0.3) is 0 Å². The normalized spacial score (nSPS) is 13.7. The van der Waals surface area contributed by atoms with Crippen molar-refractivity contribution < 1.29 is 0 Å². The summed E-state index contributed by atoms with van der Waals surface area (Å²) in [6.45, 7) is 11.5. The van der Waals surface area contributed by atoms with Gasteiger partial charge in [0.1, 0.15) is 0 Å². The van der Waals surface area contributed by atoms with Crippen LogP contribution in [0.4, 0.5) is 0 Å². The van der Waals surface area contributed by atoms with Crippen molar-refractivity contribution in [3.63, 3.8) is 0 Å². The Morgan fingerprint density at radius 3 is 2.24 bits per heavy atom. The van der Waals surface area contributed by atoms with Crippen molar-refractivity contribution in [1.82, 2.24) is 5.32 Å². The molecule has 3 heteroatoms. The Kier molecular flexibility index (Phi) is 5.76. The Bertz CT molecular complexity index is 329. The molecule has 1 rings (SSSR count). The summed E-state index contributed by atoms with van der Waals surface area (Å²) in [6.07, 6.45) is 2.16. The lowest BCUT2D eigenvalue weighted by molar-refractivity contribution is 0.685. The van der Waals surface area contributed by atoms with Crippen LogP contribution in [0.3, 0.4) is 0 Å². The first kappa shape index (κ1) is 14.8. The third-order valence-corrected chi connectivity index (χ3v) is 6.02. The predicted octanol–water partition coefficient (Wildman–Crippen LogP) is 3.07. The van der Waals surface area contributed by atoms with Gasteiger partial charge in [0, 0.05) is 18.3 Å². The van der Waals surface area contributed by atoms with Crippen LogP contribution in [0.15, 0.2) is 24.3 Å². The number of benzene rings is 1. The first-order valence-electron chi connectivity index (χ1n) is 6.26. The van der Waals surface area contributed by atoms with Crippen molar-refractivity contribution in [2.45, 2.75) is 38.4 Å². The number of hydrogen-bond acceptors (Lipinski definition) is 2. The maximum atomic E-state index is 3.50. The highest BCUT2D eigenvalue weighted by Gasteiger charge is 2.15. The van der Waals surface area contributed by atoms with Gasteiger partial charge >= 0.3 is 0 Å². The number of thioether (sulfide) groups is 1. The van der Waals surface area contributed by atoms with E-state index in [1.807, 2.05) is 11.8 Å². The second-order valence-electron chi connectivity index (χ2n) is 5.62. The number of hydrogen-bond donors (Lipinski definition) is 1. The molecule has 1 unspecified atom stereocenters. The van der Waals surface area contributed by atoms with Gasteiger partial charge in [0.2, 0.25) is 0 Å². The van der Waals surface area contributed by atoms with Gasteiger partial charge in [-0.3, -0.25) is 0 Å². The minimum atomic E-state index is -1.13. The van der Waals surface area contributed by atoms with Crippen molar-refractivity contribution >= 4 is 25.0 Å². The summed E-state index contributed by atoms with van der Waals surface area (Å²) in [6, 6.07) is 9.15. The van der Waals surface area contributed by atoms with E-state index in [4.69, 9.17) is 0 Å². The van der Waals surface area contributed by atoms with Crippen LogP contribution in [0.2, 0.25) is 19.6 Å². The molecule has 0 aliphatic carbocycles. The molecule has 0 aliphatic rings. The van der Waals surface area contributed by atoms with E-state index in [1.165, 1.54) is 5.56 Å². The highest BCUT2D eigenvalue weighted by Crippen LogP contribution is 2.06. The van der Waals surface area contributed by atoms with Crippen LogP contribution in [-0.4, -0.2) is 26.1 Å². The van der Waals surface area contributed by atoms with Gasteiger partial charge in [-0.2, -0.15) is 11.8 Å². The fourth-order valence-corrected chi connectivity index (χ4v) is 3.08. The van der Waals surface area contributed by atoms with Gasteiger partial charge in [0.15, 0.2) is 0 Å². The summed E-state index contributed by atoms with van der Waals surface area (Å²) in [5, 5.41) is 5.73. The van der Waals surface area contributed by atoms with Gasteiger partial charge in [-0.25, -0.2) is 0 Å². The molecule has 0 saturated carbocycles. The molecular weight excluding hydrogens is 242 g/mol. The summed E-state index contributed by atoms with van der Waals surface area (Å²) in [5.41, 5.74) is 1.39. The molecule has 1 aromatic rings. The van der Waals surface area contributed by atoms with Crippen molar-refractivity contribution in [2.75, 3.05) is 12.8 Å². The topological polar surface area (TPSA) is 12.0 Å². The largest absolute Gasteiger partial charge is 0.312 e. The van der Waals surface area contributed by atoms with Gasteiger partial charge in [-0.15, -0.1) is 0 Å². The maximum absolute atomic E-state index is 3.50. The molecule has 0 saturated heterocycles. The van der Waals surface area contributed by atoms with Gasteiger partial charge in [-0.1, -0.05) is 56.0 Å². The fourth-order valence-electron chi connectivity index (χ4n) is 1.63. The van der Waals surface area contributed by atoms with E-state index in [9.17, 15) is 0 Å². The molecule has 96 valence electrons. The van der Waals surface area contributed by atoms with Crippen LogP contribution in [-0.2, 0) is 6.54 Å². The molecule has 0 aromatic heterocycles. The Labute approximate surface area is 111 Å². The smallest absolute Gasteiger partial charge is 0.0775 e. The molecule has 0 bridgehead atoms. The molecule has 1 N–H and O–H groups in total. The van der Waals surface area contributed by atoms with Crippen LogP contribution < -0.4 is 10.5 Å². The van der Waals surface area contributed by atoms with E-state index in [1.54, 1.807) is 5.19 Å². The molecule has 0 radical (unpaired) electrons. The first-order valence-corrected chi connectivity index (χ1v) is 11.0. The highest BCUT2D eigenvalue weighted by atomic mass is 32.2. The van der Waals surface area contributed by atoms with Gasteiger partial charge in [-0.05, 0) is 11.8 Å². The molecular formula is C14H25NSSi. The average molecular weight is 268 g/mol. The molecule has 0 spiro atoms. The van der Waals surface area contributed by atoms with Gasteiger partial charge in [0.25, 0.3) is 0 Å². The van der Waals surface area contributed by atoms with E-state index in [0.717, 1.165) is 13.1 Å². The Hall–Kier alpha value is -0.253. The van der Waals surface area contributed by atoms with E-state index >= 15 is 0 Å². The lowest BCUT2D eigenvalue weighted by atomic mass is 10.2. The van der Waals surface area contributed by atoms with Gasteiger partial charge in [0.05, 0.1) is 8.07 Å². The number of rotatable bonds is 6. The molecule has 1 nitrogen and oxygen atoms in total. The summed E-state index contributed by atoms with van der Waals surface area (Å²) in [7, 11) is -1.13. The van der Waals surface area contributed by atoms with Crippen molar-refractivity contribution in [3.8, 4) is 0 Å². The average Bonchev–Trinajstić information content (AvgIpc) is 2.28. The summed E-state index contributed by atoms with van der Waals surface area (Å²) < 4.78 is 0. The lowest BCUT2D eigenvalue weighted by Crippen LogP contribution is -2.37. The zero-order chi connectivity index (χ0) is 12.9. The maximum Gasteiger partial charge on any atom is 0.0775 e. The Morgan fingerprint density at radius 1 is 1.18 bits per heavy atom. The van der Waals surface area contributed by atoms with E-state index in [2.05, 4.69) is 62.4 Å². The summed E-state index contributed by atoms with van der Waals surface area (Å²) >= 11 is 1.91. The molecule has 1 atom stereocenters. The quantitative estimate of drug-likeness (QED) is 0.795. The SMILES string of the molecule is CSC(C)CNCc1ccc([Si](C)(C)C)cc1. The highest BCUT2D eigenvalue weighted by molar-refractivity contribution is 7.99. The standard InChI is InChI=1S/C14H25NSSi/c1-12(16-2)10-15-11-13-6-8-14(9-7-13)17(3,4)5/h6-9,12,15H,10-11H2,1-5H3. The van der Waals surface area contributed by atoms with Crippen molar-refractivity contribution in [3.05, 3.63) is 29.8 Å². The monoisotopic (exact) mass is 267 g/mol. The minimum Gasteiger partial charge on any atom is -0.312 e. The second-order valence-corrected chi connectivity index (χ2v) is 12.0. The Balaban J connectivity index is 2.46. The molecule has 0 aliphatic heterocycles. The second kappa shape index (κ2) is 6.62. The van der Waals surface area contributed by atoms with Crippen LogP contribution >= 0.6 is 11.8 Å². The minimum absolute atomic E-state index is 0.691. The fraction of sp³-hybridized carbons (Fsp3) is 0.571. The molecule has 0 fully saturated rings. The van der Waals surface area contributed by atoms with Gasteiger partial charge < -0.3 is 5.32 Å². The molecule has 17 heavy (non-hydrogen) atoms. The Morgan fingerprint density at radius 2 is 1.76 bits per heavy atom. The molecule has 1 aromatic carbocycles. The molecule has 0 amide bonds. The third kappa shape index (κ3) is 5.28. The van der Waals surface area contributed by atoms with E-state index in [-0.39, 0.29) is 0 Å². The lowest BCUT2D eigenvalue weighted by Gasteiger charge is -2.17. The summed E-state index contributed by atoms with van der Waals surface area (Å²) in [5.74, 6) is 0. The zero-order valence-corrected chi connectivity index (χ0v) is 13.5. The number of nitrogens with one attached hydrogen (secondary N) is 1. The van der Waals surface area contributed by atoms with Crippen LogP contribution in [0, 0.1) is 0 Å². The van der Waals surface area contributed by atoms with Crippen LogP contribution in [0.5, 0.6) is 0 Å². The van der Waals surface area contributed by atoms with Crippen LogP contribution in [0.1, 0.15) is 12.5 Å². The van der Waals surface area contributed by atoms with Crippen molar-refractivity contribution in [2.24, 2.45) is 0 Å². The third-order valence-electron chi connectivity index (χ3n) is 2.98. The van der Waals surface area contributed by atoms with E-state index < -0.39 is 8.07 Å².